The molecule has 0 spiro atoms. The van der Waals surface area contributed by atoms with E-state index in [1.165, 1.54) is 0 Å². The highest BCUT2D eigenvalue weighted by molar-refractivity contribution is 5.99. The van der Waals surface area contributed by atoms with Gasteiger partial charge in [0.05, 0.1) is 0 Å². The monoisotopic (exact) mass is 420 g/mol. The van der Waals surface area contributed by atoms with Crippen LogP contribution in [0, 0.1) is 5.41 Å². The van der Waals surface area contributed by atoms with Crippen LogP contribution in [0.1, 0.15) is 64.7 Å². The molecule has 2 amide bonds. The first-order chi connectivity index (χ1) is 13.8. The molecular formula is C22H32N2O6. The topological polar surface area (TPSA) is 111 Å². The summed E-state index contributed by atoms with van der Waals surface area (Å²) in [4.78, 5) is 47.4. The molecular weight excluding hydrogens is 388 g/mol. The van der Waals surface area contributed by atoms with Crippen LogP contribution in [0.5, 0.6) is 0 Å². The number of nitrogens with one attached hydrogen (secondary N) is 2. The third kappa shape index (κ3) is 10.0. The number of alkyl carbamates (subject to hydrolysis) is 1. The quantitative estimate of drug-likeness (QED) is 0.377. The zero-order valence-electron chi connectivity index (χ0n) is 18.6. The summed E-state index contributed by atoms with van der Waals surface area (Å²) in [6.07, 6.45) is -0.108. The Morgan fingerprint density at radius 1 is 0.933 bits per heavy atom. The third-order valence-electron chi connectivity index (χ3n) is 3.74. The summed E-state index contributed by atoms with van der Waals surface area (Å²) in [7, 11) is 0. The number of carbonyl (C=O) groups is 4. The van der Waals surface area contributed by atoms with Crippen LogP contribution in [-0.4, -0.2) is 42.5 Å². The van der Waals surface area contributed by atoms with Gasteiger partial charge in [0.15, 0.2) is 12.4 Å². The Hall–Kier alpha value is -2.90. The fourth-order valence-corrected chi connectivity index (χ4v) is 2.10. The molecule has 0 saturated heterocycles. The first-order valence-corrected chi connectivity index (χ1v) is 9.85. The van der Waals surface area contributed by atoms with Crippen LogP contribution in [0.4, 0.5) is 10.5 Å². The van der Waals surface area contributed by atoms with Crippen molar-refractivity contribution in [3.05, 3.63) is 29.8 Å². The van der Waals surface area contributed by atoms with Crippen molar-refractivity contribution in [2.45, 2.75) is 60.0 Å². The maximum absolute atomic E-state index is 12.2. The van der Waals surface area contributed by atoms with E-state index < -0.39 is 23.1 Å². The van der Waals surface area contributed by atoms with E-state index in [-0.39, 0.29) is 31.3 Å². The van der Waals surface area contributed by atoms with E-state index in [4.69, 9.17) is 9.47 Å². The van der Waals surface area contributed by atoms with Gasteiger partial charge < -0.3 is 20.1 Å². The summed E-state index contributed by atoms with van der Waals surface area (Å²) < 4.78 is 10.1. The number of ether oxygens (including phenoxy) is 2. The lowest BCUT2D eigenvalue weighted by Gasteiger charge is -2.19. The van der Waals surface area contributed by atoms with Crippen LogP contribution >= 0.6 is 0 Å². The van der Waals surface area contributed by atoms with Gasteiger partial charge in [-0.2, -0.15) is 0 Å². The fraction of sp³-hybridized carbons (Fsp3) is 0.545. The van der Waals surface area contributed by atoms with Crippen LogP contribution in [-0.2, 0) is 19.1 Å². The molecule has 8 nitrogen and oxygen atoms in total. The molecule has 0 aliphatic heterocycles. The Balaban J connectivity index is 2.34. The van der Waals surface area contributed by atoms with Crippen molar-refractivity contribution < 1.29 is 28.7 Å². The number of amides is 2. The zero-order valence-corrected chi connectivity index (χ0v) is 18.6. The third-order valence-corrected chi connectivity index (χ3v) is 3.74. The lowest BCUT2D eigenvalue weighted by molar-refractivity contribution is -0.142. The van der Waals surface area contributed by atoms with Gasteiger partial charge in [-0.15, -0.1) is 0 Å². The molecule has 30 heavy (non-hydrogen) atoms. The van der Waals surface area contributed by atoms with E-state index in [0.29, 0.717) is 17.7 Å². The molecule has 166 valence electrons. The zero-order chi connectivity index (χ0) is 22.9. The van der Waals surface area contributed by atoms with E-state index in [1.54, 1.807) is 45.0 Å². The summed E-state index contributed by atoms with van der Waals surface area (Å²) in [5.74, 6) is -0.996. The summed E-state index contributed by atoms with van der Waals surface area (Å²) in [5.41, 5.74) is -0.144. The average molecular weight is 421 g/mol. The lowest BCUT2D eigenvalue weighted by Crippen LogP contribution is -2.33. The summed E-state index contributed by atoms with van der Waals surface area (Å²) in [6.45, 7) is 10.6. The number of benzene rings is 1. The maximum Gasteiger partial charge on any atom is 0.407 e. The Bertz CT molecular complexity index is 757. The molecule has 0 saturated carbocycles. The second-order valence-corrected chi connectivity index (χ2v) is 8.90. The highest BCUT2D eigenvalue weighted by atomic mass is 16.6. The average Bonchev–Trinajstić information content (AvgIpc) is 2.61. The van der Waals surface area contributed by atoms with E-state index in [2.05, 4.69) is 10.6 Å². The number of hydrogen-bond acceptors (Lipinski definition) is 6. The van der Waals surface area contributed by atoms with Crippen molar-refractivity contribution in [2.24, 2.45) is 5.41 Å². The van der Waals surface area contributed by atoms with Gasteiger partial charge in [-0.25, -0.2) is 4.79 Å². The summed E-state index contributed by atoms with van der Waals surface area (Å²) >= 11 is 0. The van der Waals surface area contributed by atoms with E-state index in [1.807, 2.05) is 20.8 Å². The molecule has 1 rings (SSSR count). The molecule has 1 aromatic rings. The van der Waals surface area contributed by atoms with Crippen LogP contribution in [0.25, 0.3) is 0 Å². The molecule has 0 unspecified atom stereocenters. The molecule has 2 N–H and O–H groups in total. The van der Waals surface area contributed by atoms with Gasteiger partial charge in [0.2, 0.25) is 5.91 Å². The SMILES string of the molecule is CC(C)(C)OC(=O)NCCCC(=O)OCC(=O)c1ccc(NC(=O)C(C)(C)C)cc1. The Kier molecular flexibility index (Phi) is 9.01. The molecule has 0 aromatic heterocycles. The Morgan fingerprint density at radius 3 is 2.07 bits per heavy atom. The molecule has 8 heteroatoms. The smallest absolute Gasteiger partial charge is 0.407 e. The van der Waals surface area contributed by atoms with Crippen molar-refractivity contribution >= 4 is 29.4 Å². The predicted octanol–water partition coefficient (Wildman–Crippen LogP) is 3.70. The number of carbonyl (C=O) groups excluding carboxylic acids is 4. The van der Waals surface area contributed by atoms with Crippen molar-refractivity contribution in [2.75, 3.05) is 18.5 Å². The molecule has 0 radical (unpaired) electrons. The second-order valence-electron chi connectivity index (χ2n) is 8.90. The van der Waals surface area contributed by atoms with Crippen LogP contribution < -0.4 is 10.6 Å². The van der Waals surface area contributed by atoms with Crippen LogP contribution in [0.2, 0.25) is 0 Å². The minimum atomic E-state index is -0.584. The second kappa shape index (κ2) is 10.8. The molecule has 0 fully saturated rings. The number of rotatable bonds is 8. The molecule has 0 aliphatic rings. The van der Waals surface area contributed by atoms with Gasteiger partial charge in [-0.1, -0.05) is 20.8 Å². The highest BCUT2D eigenvalue weighted by Crippen LogP contribution is 2.18. The minimum absolute atomic E-state index is 0.0703. The summed E-state index contributed by atoms with van der Waals surface area (Å²) in [6, 6.07) is 6.39. The van der Waals surface area contributed by atoms with Gasteiger partial charge >= 0.3 is 12.1 Å². The van der Waals surface area contributed by atoms with Crippen molar-refractivity contribution in [1.82, 2.24) is 5.32 Å². The van der Waals surface area contributed by atoms with Gasteiger partial charge in [0, 0.05) is 29.6 Å². The molecule has 1 aromatic carbocycles. The van der Waals surface area contributed by atoms with Gasteiger partial charge in [-0.05, 0) is 51.5 Å². The maximum atomic E-state index is 12.2. The van der Waals surface area contributed by atoms with Crippen LogP contribution in [0.3, 0.4) is 0 Å². The summed E-state index contributed by atoms with van der Waals surface area (Å²) in [5, 5.41) is 5.32. The van der Waals surface area contributed by atoms with E-state index >= 15 is 0 Å². The largest absolute Gasteiger partial charge is 0.457 e. The molecule has 0 bridgehead atoms. The first kappa shape index (κ1) is 25.1. The molecule has 0 atom stereocenters. The number of esters is 1. The van der Waals surface area contributed by atoms with Crippen molar-refractivity contribution in [1.29, 1.82) is 0 Å². The van der Waals surface area contributed by atoms with Gasteiger partial charge in [-0.3, -0.25) is 14.4 Å². The fourth-order valence-electron chi connectivity index (χ4n) is 2.10. The van der Waals surface area contributed by atoms with Crippen molar-refractivity contribution in [3.63, 3.8) is 0 Å². The molecule has 0 heterocycles. The van der Waals surface area contributed by atoms with Gasteiger partial charge in [0.25, 0.3) is 0 Å². The lowest BCUT2D eigenvalue weighted by atomic mass is 9.95. The number of Topliss-reactive ketones (excluding diaryl/α,β-unsaturated/α-hetero) is 1. The van der Waals surface area contributed by atoms with Crippen LogP contribution in [0.15, 0.2) is 24.3 Å². The van der Waals surface area contributed by atoms with E-state index in [9.17, 15) is 19.2 Å². The first-order valence-electron chi connectivity index (χ1n) is 9.85. The van der Waals surface area contributed by atoms with E-state index in [0.717, 1.165) is 0 Å². The minimum Gasteiger partial charge on any atom is -0.457 e. The Labute approximate surface area is 177 Å². The molecule has 0 aliphatic carbocycles. The normalized spacial score (nSPS) is 11.4. The number of anilines is 1. The predicted molar refractivity (Wildman–Crippen MR) is 113 cm³/mol. The van der Waals surface area contributed by atoms with Gasteiger partial charge in [0.1, 0.15) is 5.60 Å². The number of hydrogen-bond donors (Lipinski definition) is 2. The Morgan fingerprint density at radius 2 is 1.53 bits per heavy atom. The number of ketones is 1. The highest BCUT2D eigenvalue weighted by Gasteiger charge is 2.21. The van der Waals surface area contributed by atoms with Crippen molar-refractivity contribution in [3.8, 4) is 0 Å². The standard InChI is InChI=1S/C22H32N2O6/c1-21(2,3)19(27)24-16-11-9-15(10-12-16)17(25)14-29-18(26)8-7-13-23-20(28)30-22(4,5)6/h9-12H,7-8,13-14H2,1-6H3,(H,23,28)(H,24,27).